The zero-order chi connectivity index (χ0) is 12.7. The van der Waals surface area contributed by atoms with Crippen LogP contribution in [-0.2, 0) is 6.42 Å². The van der Waals surface area contributed by atoms with Crippen LogP contribution in [0.3, 0.4) is 0 Å². The van der Waals surface area contributed by atoms with Gasteiger partial charge in [-0.15, -0.1) is 11.3 Å². The fraction of sp³-hybridized carbons (Fsp3) is 0.714. The van der Waals surface area contributed by atoms with Crippen molar-refractivity contribution >= 4 is 22.9 Å². The first-order valence-electron chi connectivity index (χ1n) is 6.63. The van der Waals surface area contributed by atoms with Gasteiger partial charge in [0.1, 0.15) is 0 Å². The molecule has 0 aromatic carbocycles. The van der Waals surface area contributed by atoms with Gasteiger partial charge in [0.25, 0.3) is 0 Å². The molecule has 0 fully saturated rings. The van der Waals surface area contributed by atoms with Gasteiger partial charge in [-0.05, 0) is 43.9 Å². The molecule has 0 radical (unpaired) electrons. The Kier molecular flexibility index (Phi) is 7.17. The van der Waals surface area contributed by atoms with Crippen molar-refractivity contribution in [3.8, 4) is 0 Å². The van der Waals surface area contributed by atoms with Gasteiger partial charge in [0, 0.05) is 10.9 Å². The van der Waals surface area contributed by atoms with Gasteiger partial charge in [0.05, 0.1) is 4.34 Å². The Hall–Kier alpha value is -0.0500. The van der Waals surface area contributed by atoms with Gasteiger partial charge >= 0.3 is 0 Å². The number of rotatable bonds is 8. The minimum Gasteiger partial charge on any atom is -0.314 e. The molecule has 0 spiro atoms. The molecule has 0 bridgehead atoms. The fourth-order valence-electron chi connectivity index (χ4n) is 1.94. The van der Waals surface area contributed by atoms with E-state index in [9.17, 15) is 0 Å². The van der Waals surface area contributed by atoms with Crippen molar-refractivity contribution in [2.24, 2.45) is 5.92 Å². The van der Waals surface area contributed by atoms with Crippen molar-refractivity contribution < 1.29 is 0 Å². The first-order valence-corrected chi connectivity index (χ1v) is 7.82. The Morgan fingerprint density at radius 1 is 1.35 bits per heavy atom. The minimum absolute atomic E-state index is 0.597. The molecule has 3 heteroatoms. The van der Waals surface area contributed by atoms with Crippen LogP contribution in [0.25, 0.3) is 0 Å². The average molecular weight is 274 g/mol. The fourth-order valence-corrected chi connectivity index (χ4v) is 3.11. The molecule has 1 N–H and O–H groups in total. The lowest BCUT2D eigenvalue weighted by Gasteiger charge is -2.21. The zero-order valence-corrected chi connectivity index (χ0v) is 12.7. The molecule has 0 aliphatic heterocycles. The third kappa shape index (κ3) is 5.89. The lowest BCUT2D eigenvalue weighted by atomic mass is 9.97. The summed E-state index contributed by atoms with van der Waals surface area (Å²) in [4.78, 5) is 1.40. The normalized spacial score (nSPS) is 14.8. The van der Waals surface area contributed by atoms with E-state index in [-0.39, 0.29) is 0 Å². The van der Waals surface area contributed by atoms with Crippen LogP contribution in [0.1, 0.15) is 44.9 Å². The molecule has 1 rings (SSSR count). The Morgan fingerprint density at radius 3 is 2.65 bits per heavy atom. The number of halogens is 1. The van der Waals surface area contributed by atoms with Crippen LogP contribution in [-0.4, -0.2) is 12.6 Å². The van der Waals surface area contributed by atoms with E-state index in [2.05, 4.69) is 32.2 Å². The SMILES string of the molecule is CCCNC(Cc1ccc(Cl)s1)CC(C)CC. The van der Waals surface area contributed by atoms with Gasteiger partial charge in [-0.2, -0.15) is 0 Å². The largest absolute Gasteiger partial charge is 0.314 e. The van der Waals surface area contributed by atoms with E-state index in [1.54, 1.807) is 11.3 Å². The molecule has 2 unspecified atom stereocenters. The second-order valence-electron chi connectivity index (χ2n) is 4.81. The number of hydrogen-bond acceptors (Lipinski definition) is 2. The second kappa shape index (κ2) is 8.12. The molecule has 2 atom stereocenters. The lowest BCUT2D eigenvalue weighted by Crippen LogP contribution is -2.33. The third-order valence-corrected chi connectivity index (χ3v) is 4.40. The van der Waals surface area contributed by atoms with Gasteiger partial charge in [-0.1, -0.05) is 38.8 Å². The first kappa shape index (κ1) is 15.0. The number of hydrogen-bond donors (Lipinski definition) is 1. The van der Waals surface area contributed by atoms with Crippen LogP contribution in [0, 0.1) is 5.92 Å². The van der Waals surface area contributed by atoms with Crippen molar-refractivity contribution in [3.05, 3.63) is 21.3 Å². The average Bonchev–Trinajstić information content (AvgIpc) is 2.71. The molecule has 1 heterocycles. The predicted molar refractivity (Wildman–Crippen MR) is 79.2 cm³/mol. The van der Waals surface area contributed by atoms with Crippen LogP contribution in [0.5, 0.6) is 0 Å². The maximum Gasteiger partial charge on any atom is 0.0931 e. The highest BCUT2D eigenvalue weighted by atomic mass is 35.5. The molecule has 0 aliphatic carbocycles. The van der Waals surface area contributed by atoms with E-state index < -0.39 is 0 Å². The molecule has 1 aromatic heterocycles. The van der Waals surface area contributed by atoms with Crippen molar-refractivity contribution in [1.29, 1.82) is 0 Å². The summed E-state index contributed by atoms with van der Waals surface area (Å²) in [5.41, 5.74) is 0. The van der Waals surface area contributed by atoms with Crippen LogP contribution in [0.4, 0.5) is 0 Å². The van der Waals surface area contributed by atoms with Crippen LogP contribution >= 0.6 is 22.9 Å². The Labute approximate surface area is 115 Å². The van der Waals surface area contributed by atoms with Gasteiger partial charge in [0.15, 0.2) is 0 Å². The summed E-state index contributed by atoms with van der Waals surface area (Å²) in [6.07, 6.45) is 4.82. The second-order valence-corrected chi connectivity index (χ2v) is 6.61. The molecule has 17 heavy (non-hydrogen) atoms. The van der Waals surface area contributed by atoms with Crippen molar-refractivity contribution in [1.82, 2.24) is 5.32 Å². The maximum atomic E-state index is 5.98. The van der Waals surface area contributed by atoms with E-state index >= 15 is 0 Å². The quantitative estimate of drug-likeness (QED) is 0.721. The van der Waals surface area contributed by atoms with E-state index in [0.717, 1.165) is 23.2 Å². The van der Waals surface area contributed by atoms with Crippen molar-refractivity contribution in [2.45, 2.75) is 52.5 Å². The molecule has 98 valence electrons. The Morgan fingerprint density at radius 2 is 2.12 bits per heavy atom. The van der Waals surface area contributed by atoms with Crippen molar-refractivity contribution in [2.75, 3.05) is 6.54 Å². The first-order chi connectivity index (χ1) is 8.15. The summed E-state index contributed by atoms with van der Waals surface area (Å²) < 4.78 is 0.901. The predicted octanol–water partition coefficient (Wildman–Crippen LogP) is 4.75. The zero-order valence-electron chi connectivity index (χ0n) is 11.1. The standard InChI is InChI=1S/C14H24ClNS/c1-4-8-16-12(9-11(3)5-2)10-13-6-7-14(15)17-13/h6-7,11-12,16H,4-5,8-10H2,1-3H3. The molecule has 0 saturated carbocycles. The van der Waals surface area contributed by atoms with Gasteiger partial charge < -0.3 is 5.32 Å². The molecular weight excluding hydrogens is 250 g/mol. The molecule has 0 aliphatic rings. The topological polar surface area (TPSA) is 12.0 Å². The minimum atomic E-state index is 0.597. The number of thiophene rings is 1. The molecule has 0 amide bonds. The summed E-state index contributed by atoms with van der Waals surface area (Å²) in [6.45, 7) is 7.93. The monoisotopic (exact) mass is 273 g/mol. The van der Waals surface area contributed by atoms with Gasteiger partial charge in [-0.25, -0.2) is 0 Å². The third-order valence-electron chi connectivity index (χ3n) is 3.14. The highest BCUT2D eigenvalue weighted by Crippen LogP contribution is 2.24. The van der Waals surface area contributed by atoms with Gasteiger partial charge in [0.2, 0.25) is 0 Å². The van der Waals surface area contributed by atoms with E-state index in [1.807, 2.05) is 6.07 Å². The Bertz CT molecular complexity index is 311. The summed E-state index contributed by atoms with van der Waals surface area (Å²) >= 11 is 7.69. The molecule has 1 aromatic rings. The summed E-state index contributed by atoms with van der Waals surface area (Å²) in [7, 11) is 0. The molecule has 0 saturated heterocycles. The van der Waals surface area contributed by atoms with E-state index in [1.165, 1.54) is 24.1 Å². The molecular formula is C14H24ClNS. The lowest BCUT2D eigenvalue weighted by molar-refractivity contribution is 0.393. The summed E-state index contributed by atoms with van der Waals surface area (Å²) in [5.74, 6) is 0.791. The van der Waals surface area contributed by atoms with Crippen LogP contribution in [0.15, 0.2) is 12.1 Å². The molecule has 1 nitrogen and oxygen atoms in total. The van der Waals surface area contributed by atoms with Crippen LogP contribution in [0.2, 0.25) is 4.34 Å². The maximum absolute atomic E-state index is 5.98. The smallest absolute Gasteiger partial charge is 0.0931 e. The summed E-state index contributed by atoms with van der Waals surface area (Å²) in [6, 6.07) is 4.76. The summed E-state index contributed by atoms with van der Waals surface area (Å²) in [5, 5.41) is 3.66. The Balaban J connectivity index is 2.50. The highest BCUT2D eigenvalue weighted by molar-refractivity contribution is 7.16. The van der Waals surface area contributed by atoms with Gasteiger partial charge in [-0.3, -0.25) is 0 Å². The van der Waals surface area contributed by atoms with Crippen LogP contribution < -0.4 is 5.32 Å². The highest BCUT2D eigenvalue weighted by Gasteiger charge is 2.13. The van der Waals surface area contributed by atoms with E-state index in [0.29, 0.717) is 6.04 Å². The van der Waals surface area contributed by atoms with Crippen molar-refractivity contribution in [3.63, 3.8) is 0 Å². The van der Waals surface area contributed by atoms with E-state index in [4.69, 9.17) is 11.6 Å². The number of nitrogens with one attached hydrogen (secondary N) is 1.